The monoisotopic (exact) mass is 402 g/mol. The van der Waals surface area contributed by atoms with E-state index in [0.29, 0.717) is 5.92 Å². The van der Waals surface area contributed by atoms with Gasteiger partial charge in [0.05, 0.1) is 0 Å². The topological polar surface area (TPSA) is 0 Å². The average molecular weight is 403 g/mol. The fourth-order valence-electron chi connectivity index (χ4n) is 6.80. The maximum Gasteiger partial charge on any atom is 0.159 e. The van der Waals surface area contributed by atoms with E-state index >= 15 is 0 Å². The second kappa shape index (κ2) is 10.4. The quantitative estimate of drug-likeness (QED) is 0.400. The number of hydrogen-bond donors (Lipinski definition) is 0. The van der Waals surface area contributed by atoms with Crippen molar-refractivity contribution in [3.8, 4) is 0 Å². The van der Waals surface area contributed by atoms with Crippen molar-refractivity contribution in [1.82, 2.24) is 0 Å². The molecule has 3 aliphatic carbocycles. The van der Waals surface area contributed by atoms with Gasteiger partial charge >= 0.3 is 0 Å². The van der Waals surface area contributed by atoms with Crippen LogP contribution in [0.2, 0.25) is 0 Å². The number of benzene rings is 1. The van der Waals surface area contributed by atoms with Crippen molar-refractivity contribution in [2.75, 3.05) is 0 Å². The molecule has 0 spiro atoms. The van der Waals surface area contributed by atoms with Gasteiger partial charge in [0.25, 0.3) is 0 Å². The van der Waals surface area contributed by atoms with E-state index in [1.165, 1.54) is 102 Å². The van der Waals surface area contributed by atoms with Gasteiger partial charge in [-0.05, 0) is 85.8 Å². The first-order valence-electron chi connectivity index (χ1n) is 12.6. The number of unbranched alkanes of at least 4 members (excludes halogenated alkanes) is 1. The van der Waals surface area contributed by atoms with Crippen LogP contribution in [-0.4, -0.2) is 0 Å². The predicted octanol–water partition coefficient (Wildman–Crippen LogP) is 8.80. The minimum Gasteiger partial charge on any atom is -0.204 e. The largest absolute Gasteiger partial charge is 0.204 e. The van der Waals surface area contributed by atoms with Crippen LogP contribution in [0.25, 0.3) is 0 Å². The summed E-state index contributed by atoms with van der Waals surface area (Å²) in [7, 11) is 0. The van der Waals surface area contributed by atoms with Crippen molar-refractivity contribution in [3.63, 3.8) is 0 Å². The van der Waals surface area contributed by atoms with Crippen molar-refractivity contribution in [2.24, 2.45) is 23.7 Å². The first-order valence-corrected chi connectivity index (χ1v) is 12.6. The molecule has 162 valence electrons. The molecular weight excluding hydrogens is 362 g/mol. The predicted molar refractivity (Wildman–Crippen MR) is 117 cm³/mol. The summed E-state index contributed by atoms with van der Waals surface area (Å²) in [6.45, 7) is 0. The van der Waals surface area contributed by atoms with Gasteiger partial charge in [-0.3, -0.25) is 0 Å². The Bertz CT molecular complexity index is 617. The second-order valence-electron chi connectivity index (χ2n) is 10.5. The molecule has 0 heterocycles. The Morgan fingerprint density at radius 1 is 0.621 bits per heavy atom. The Morgan fingerprint density at radius 3 is 1.76 bits per heavy atom. The van der Waals surface area contributed by atoms with Crippen molar-refractivity contribution < 1.29 is 8.78 Å². The van der Waals surface area contributed by atoms with Gasteiger partial charge in [-0.2, -0.15) is 0 Å². The molecule has 0 amide bonds. The third-order valence-electron chi connectivity index (χ3n) is 8.69. The van der Waals surface area contributed by atoms with Crippen LogP contribution >= 0.6 is 0 Å². The van der Waals surface area contributed by atoms with Gasteiger partial charge in [-0.25, -0.2) is 8.78 Å². The lowest BCUT2D eigenvalue weighted by molar-refractivity contribution is 0.155. The number of hydrogen-bond acceptors (Lipinski definition) is 0. The van der Waals surface area contributed by atoms with Crippen LogP contribution in [0, 0.1) is 35.3 Å². The lowest BCUT2D eigenvalue weighted by atomic mass is 9.68. The Morgan fingerprint density at radius 2 is 1.17 bits per heavy atom. The lowest BCUT2D eigenvalue weighted by Gasteiger charge is -2.38. The standard InChI is InChI=1S/C27H40F2/c28-26-18-17-25(19-27(26)29)24-15-13-23(14-16-24)22-11-9-21(10-12-22)8-4-3-7-20-5-1-2-6-20/h17-24H,1-16H2/t21-,22-,23-,24-. The van der Waals surface area contributed by atoms with E-state index in [0.717, 1.165) is 42.1 Å². The highest BCUT2D eigenvalue weighted by atomic mass is 19.2. The molecule has 0 aromatic heterocycles. The minimum atomic E-state index is -0.724. The van der Waals surface area contributed by atoms with Gasteiger partial charge < -0.3 is 0 Å². The molecule has 0 N–H and O–H groups in total. The third-order valence-corrected chi connectivity index (χ3v) is 8.69. The summed E-state index contributed by atoms with van der Waals surface area (Å²) in [4.78, 5) is 0. The van der Waals surface area contributed by atoms with E-state index in [4.69, 9.17) is 0 Å². The molecule has 3 fully saturated rings. The molecular formula is C27H40F2. The van der Waals surface area contributed by atoms with Crippen molar-refractivity contribution in [1.29, 1.82) is 0 Å². The molecule has 3 saturated carbocycles. The molecule has 0 atom stereocenters. The van der Waals surface area contributed by atoms with E-state index in [1.54, 1.807) is 6.07 Å². The number of halogens is 2. The maximum absolute atomic E-state index is 13.6. The normalized spacial score (nSPS) is 31.2. The second-order valence-corrected chi connectivity index (χ2v) is 10.5. The summed E-state index contributed by atoms with van der Waals surface area (Å²) >= 11 is 0. The molecule has 3 aliphatic rings. The van der Waals surface area contributed by atoms with Crippen LogP contribution in [0.1, 0.15) is 114 Å². The van der Waals surface area contributed by atoms with Gasteiger partial charge in [-0.15, -0.1) is 0 Å². The molecule has 0 bridgehead atoms. The van der Waals surface area contributed by atoms with Crippen molar-refractivity contribution in [3.05, 3.63) is 35.4 Å². The highest BCUT2D eigenvalue weighted by molar-refractivity contribution is 5.22. The van der Waals surface area contributed by atoms with Crippen LogP contribution in [-0.2, 0) is 0 Å². The summed E-state index contributed by atoms with van der Waals surface area (Å²) in [5.41, 5.74) is 1.00. The molecule has 0 nitrogen and oxygen atoms in total. The summed E-state index contributed by atoms with van der Waals surface area (Å²) < 4.78 is 26.7. The molecule has 1 aromatic carbocycles. The first kappa shape index (κ1) is 21.3. The molecule has 4 rings (SSSR count). The van der Waals surface area contributed by atoms with E-state index in [2.05, 4.69) is 0 Å². The third kappa shape index (κ3) is 5.82. The maximum atomic E-state index is 13.6. The van der Waals surface area contributed by atoms with Gasteiger partial charge in [0, 0.05) is 0 Å². The summed E-state index contributed by atoms with van der Waals surface area (Å²) in [5.74, 6) is 2.87. The van der Waals surface area contributed by atoms with Crippen molar-refractivity contribution >= 4 is 0 Å². The Labute approximate surface area is 176 Å². The fourth-order valence-corrected chi connectivity index (χ4v) is 6.80. The molecule has 2 heteroatoms. The molecule has 0 aliphatic heterocycles. The van der Waals surface area contributed by atoms with Gasteiger partial charge in [0.15, 0.2) is 11.6 Å². The smallest absolute Gasteiger partial charge is 0.159 e. The summed E-state index contributed by atoms with van der Waals surface area (Å²) in [5, 5.41) is 0. The Kier molecular flexibility index (Phi) is 7.65. The fraction of sp³-hybridized carbons (Fsp3) is 0.778. The molecule has 0 saturated heterocycles. The van der Waals surface area contributed by atoms with Crippen LogP contribution in [0.3, 0.4) is 0 Å². The van der Waals surface area contributed by atoms with Crippen LogP contribution in [0.4, 0.5) is 8.78 Å². The first-order chi connectivity index (χ1) is 14.2. The lowest BCUT2D eigenvalue weighted by Crippen LogP contribution is -2.25. The highest BCUT2D eigenvalue weighted by Crippen LogP contribution is 2.44. The molecule has 1 aromatic rings. The zero-order valence-electron chi connectivity index (χ0n) is 18.2. The van der Waals surface area contributed by atoms with Gasteiger partial charge in [-0.1, -0.05) is 70.3 Å². The van der Waals surface area contributed by atoms with E-state index in [-0.39, 0.29) is 0 Å². The van der Waals surface area contributed by atoms with Crippen LogP contribution < -0.4 is 0 Å². The zero-order valence-corrected chi connectivity index (χ0v) is 18.2. The van der Waals surface area contributed by atoms with Gasteiger partial charge in [0.1, 0.15) is 0 Å². The van der Waals surface area contributed by atoms with E-state index < -0.39 is 11.6 Å². The van der Waals surface area contributed by atoms with Gasteiger partial charge in [0.2, 0.25) is 0 Å². The molecule has 0 radical (unpaired) electrons. The molecule has 29 heavy (non-hydrogen) atoms. The summed E-state index contributed by atoms with van der Waals surface area (Å²) in [6.07, 6.45) is 22.5. The van der Waals surface area contributed by atoms with Crippen LogP contribution in [0.15, 0.2) is 18.2 Å². The van der Waals surface area contributed by atoms with Crippen molar-refractivity contribution in [2.45, 2.75) is 109 Å². The van der Waals surface area contributed by atoms with E-state index in [1.807, 2.05) is 0 Å². The van der Waals surface area contributed by atoms with E-state index in [9.17, 15) is 8.78 Å². The highest BCUT2D eigenvalue weighted by Gasteiger charge is 2.31. The Hall–Kier alpha value is -0.920. The SMILES string of the molecule is Fc1ccc([C@H]2CC[C@H]([C@H]3CC[C@H](CCCCC4CCCC4)CC3)CC2)cc1F. The molecule has 0 unspecified atom stereocenters. The van der Waals surface area contributed by atoms with Crippen LogP contribution in [0.5, 0.6) is 0 Å². The summed E-state index contributed by atoms with van der Waals surface area (Å²) in [6, 6.07) is 4.52. The average Bonchev–Trinajstić information content (AvgIpc) is 3.27. The number of rotatable bonds is 7. The zero-order chi connectivity index (χ0) is 20.1. The Balaban J connectivity index is 1.13. The minimum absolute atomic E-state index is 0.428.